The molecule has 29 heavy (non-hydrogen) atoms. The number of benzene rings is 2. The Bertz CT molecular complexity index is 840. The van der Waals surface area contributed by atoms with E-state index in [4.69, 9.17) is 14.9 Å². The quantitative estimate of drug-likeness (QED) is 0.448. The van der Waals surface area contributed by atoms with Crippen LogP contribution < -0.4 is 4.74 Å². The first-order chi connectivity index (χ1) is 14.2. The second-order valence-corrected chi connectivity index (χ2v) is 8.14. The van der Waals surface area contributed by atoms with E-state index in [0.29, 0.717) is 5.56 Å². The minimum Gasteiger partial charge on any atom is -0.494 e. The molecule has 1 aliphatic carbocycles. The molecule has 0 aromatic heterocycles. The van der Waals surface area contributed by atoms with Crippen molar-refractivity contribution in [3.8, 4) is 17.6 Å². The van der Waals surface area contributed by atoms with Gasteiger partial charge in [-0.15, -0.1) is 0 Å². The zero-order chi connectivity index (χ0) is 20.1. The summed E-state index contributed by atoms with van der Waals surface area (Å²) in [6.45, 7) is 3.19. The highest BCUT2D eigenvalue weighted by Gasteiger charge is 2.32. The summed E-state index contributed by atoms with van der Waals surface area (Å²) in [6, 6.07) is 15.6. The average molecular weight is 392 g/mol. The molecule has 0 unspecified atom stereocenters. The third-order valence-corrected chi connectivity index (χ3v) is 6.10. The molecule has 0 radical (unpaired) electrons. The van der Waals surface area contributed by atoms with Gasteiger partial charge in [-0.1, -0.05) is 24.0 Å². The lowest BCUT2D eigenvalue weighted by Crippen LogP contribution is -2.48. The Hall–Kier alpha value is -2.32. The van der Waals surface area contributed by atoms with Gasteiger partial charge in [-0.3, -0.25) is 4.90 Å². The number of hydrogen-bond acceptors (Lipinski definition) is 4. The Balaban J connectivity index is 1.22. The van der Waals surface area contributed by atoms with Crippen LogP contribution in [0.2, 0.25) is 0 Å². The van der Waals surface area contributed by atoms with Gasteiger partial charge in [0.05, 0.1) is 6.61 Å². The van der Waals surface area contributed by atoms with Crippen LogP contribution in [0.15, 0.2) is 48.5 Å². The van der Waals surface area contributed by atoms with E-state index in [1.54, 1.807) is 24.3 Å². The van der Waals surface area contributed by atoms with Gasteiger partial charge in [-0.25, -0.2) is 0 Å². The van der Waals surface area contributed by atoms with Crippen LogP contribution in [0.5, 0.6) is 5.75 Å². The monoisotopic (exact) mass is 391 g/mol. The van der Waals surface area contributed by atoms with Gasteiger partial charge >= 0.3 is 0 Å². The van der Waals surface area contributed by atoms with Gasteiger partial charge in [0.2, 0.25) is 0 Å². The highest BCUT2D eigenvalue weighted by molar-refractivity contribution is 5.44. The van der Waals surface area contributed by atoms with E-state index in [1.807, 2.05) is 24.3 Å². The number of hydrogen-bond donors (Lipinski definition) is 2. The number of ether oxygens (including phenoxy) is 1. The first kappa shape index (κ1) is 20.0. The Morgan fingerprint density at radius 2 is 1.52 bits per heavy atom. The van der Waals surface area contributed by atoms with Gasteiger partial charge in [0, 0.05) is 35.8 Å². The molecule has 2 aromatic carbocycles. The maximum absolute atomic E-state index is 9.12. The molecule has 2 N–H and O–H groups in total. The summed E-state index contributed by atoms with van der Waals surface area (Å²) < 4.78 is 5.91. The van der Waals surface area contributed by atoms with Crippen molar-refractivity contribution in [1.82, 2.24) is 4.90 Å². The maximum Gasteiger partial charge on any atom is 0.178 e. The average Bonchev–Trinajstić information content (AvgIpc) is 2.77. The molecule has 5 rings (SSSR count). The Labute approximate surface area is 173 Å². The van der Waals surface area contributed by atoms with Gasteiger partial charge in [-0.2, -0.15) is 0 Å². The predicted octanol–water partition coefficient (Wildman–Crippen LogP) is 3.71. The zero-order valence-electron chi connectivity index (χ0n) is 16.8. The molecule has 152 valence electrons. The van der Waals surface area contributed by atoms with Crippen LogP contribution in [-0.2, 0) is 0 Å². The molecule has 4 nitrogen and oxygen atoms in total. The van der Waals surface area contributed by atoms with E-state index in [9.17, 15) is 0 Å². The van der Waals surface area contributed by atoms with E-state index in [1.165, 1.54) is 32.2 Å². The first-order valence-corrected chi connectivity index (χ1v) is 10.6. The molecule has 0 spiro atoms. The lowest BCUT2D eigenvalue weighted by Gasteiger charge is -2.45. The summed E-state index contributed by atoms with van der Waals surface area (Å²) >= 11 is 0. The molecule has 4 heteroatoms. The molecule has 2 aliphatic heterocycles. The first-order valence-electron chi connectivity index (χ1n) is 10.6. The van der Waals surface area contributed by atoms with E-state index in [-0.39, 0.29) is 0 Å². The van der Waals surface area contributed by atoms with Gasteiger partial charge in [0.1, 0.15) is 5.75 Å². The summed E-state index contributed by atoms with van der Waals surface area (Å²) in [5.41, 5.74) is 2.22. The van der Waals surface area contributed by atoms with Crippen molar-refractivity contribution < 1.29 is 14.9 Å². The summed E-state index contributed by atoms with van der Waals surface area (Å²) in [7, 11) is 0. The highest BCUT2D eigenvalue weighted by atomic mass is 16.5. The highest BCUT2D eigenvalue weighted by Crippen LogP contribution is 2.34. The van der Waals surface area contributed by atoms with Crippen molar-refractivity contribution in [2.75, 3.05) is 19.7 Å². The smallest absolute Gasteiger partial charge is 0.178 e. The van der Waals surface area contributed by atoms with Crippen LogP contribution in [0.4, 0.5) is 0 Å². The normalized spacial score (nSPS) is 21.1. The van der Waals surface area contributed by atoms with Crippen molar-refractivity contribution >= 4 is 0 Å². The number of fused-ring (bicyclic) bond motifs is 3. The van der Waals surface area contributed by atoms with Crippen LogP contribution in [0.25, 0.3) is 0 Å². The van der Waals surface area contributed by atoms with Crippen molar-refractivity contribution in [2.24, 2.45) is 5.92 Å². The minimum absolute atomic E-state index is 0.463. The molecule has 3 fully saturated rings. The third kappa shape index (κ3) is 5.39. The van der Waals surface area contributed by atoms with E-state index >= 15 is 0 Å². The number of piperidine rings is 2. The molecule has 0 atom stereocenters. The second-order valence-electron chi connectivity index (χ2n) is 8.14. The molecular formula is C25H29NO3. The van der Waals surface area contributed by atoms with Crippen LogP contribution in [0.3, 0.4) is 0 Å². The Morgan fingerprint density at radius 1 is 0.897 bits per heavy atom. The van der Waals surface area contributed by atoms with E-state index in [2.05, 4.69) is 16.7 Å². The summed E-state index contributed by atoms with van der Waals surface area (Å²) in [4.78, 5) is 2.67. The van der Waals surface area contributed by atoms with Gasteiger partial charge in [-0.05, 0) is 74.4 Å². The van der Waals surface area contributed by atoms with Crippen LogP contribution >= 0.6 is 0 Å². The van der Waals surface area contributed by atoms with Crippen molar-refractivity contribution in [1.29, 1.82) is 0 Å². The fraction of sp³-hybridized carbons (Fsp3) is 0.440. The Kier molecular flexibility index (Phi) is 6.51. The summed E-state index contributed by atoms with van der Waals surface area (Å²) in [5, 5.41) is 18.2. The molecular weight excluding hydrogens is 362 g/mol. The molecule has 2 heterocycles. The number of nitrogens with zero attached hydrogens (tertiary/aromatic N) is 1. The largest absolute Gasteiger partial charge is 0.494 e. The molecule has 0 amide bonds. The fourth-order valence-corrected chi connectivity index (χ4v) is 4.42. The lowest BCUT2D eigenvalue weighted by molar-refractivity contribution is -0.0424. The van der Waals surface area contributed by atoms with Crippen molar-refractivity contribution in [2.45, 2.75) is 44.4 Å². The molecule has 2 bridgehead atoms. The third-order valence-electron chi connectivity index (χ3n) is 6.10. The standard InChI is InChI=1S/C25H29NO3/c27-25(28)22-10-4-19(5-11-22)2-3-20-8-14-24(15-9-20)29-17-1-16-26-18-21-6-12-23(26)13-7-21/h4-5,8-11,14-15,21,23,25,27-28H,1,6-7,12-13,16-18H2. The summed E-state index contributed by atoms with van der Waals surface area (Å²) in [5.74, 6) is 8.04. The second kappa shape index (κ2) is 9.45. The van der Waals surface area contributed by atoms with Crippen molar-refractivity contribution in [3.63, 3.8) is 0 Å². The van der Waals surface area contributed by atoms with Gasteiger partial charge in [0.15, 0.2) is 6.29 Å². The van der Waals surface area contributed by atoms with E-state index < -0.39 is 6.29 Å². The van der Waals surface area contributed by atoms with Crippen LogP contribution in [-0.4, -0.2) is 40.9 Å². The van der Waals surface area contributed by atoms with Crippen molar-refractivity contribution in [3.05, 3.63) is 65.2 Å². The minimum atomic E-state index is -1.44. The molecule has 2 aromatic rings. The topological polar surface area (TPSA) is 52.9 Å². The van der Waals surface area contributed by atoms with Crippen LogP contribution in [0.1, 0.15) is 55.1 Å². The summed E-state index contributed by atoms with van der Waals surface area (Å²) in [6.07, 6.45) is 5.28. The fourth-order valence-electron chi connectivity index (χ4n) is 4.42. The predicted molar refractivity (Wildman–Crippen MR) is 113 cm³/mol. The van der Waals surface area contributed by atoms with Crippen LogP contribution in [0, 0.1) is 17.8 Å². The number of aliphatic hydroxyl groups excluding tert-OH is 1. The SMILES string of the molecule is OC(O)c1ccc(C#Cc2ccc(OCCCN3CC4CCC3CC4)cc2)cc1. The molecule has 2 saturated heterocycles. The zero-order valence-corrected chi connectivity index (χ0v) is 16.8. The number of aliphatic hydroxyl groups is 2. The number of rotatable bonds is 6. The lowest BCUT2D eigenvalue weighted by atomic mass is 9.80. The van der Waals surface area contributed by atoms with Gasteiger partial charge in [0.25, 0.3) is 0 Å². The molecule has 3 aliphatic rings. The Morgan fingerprint density at radius 3 is 2.07 bits per heavy atom. The maximum atomic E-state index is 9.12. The van der Waals surface area contributed by atoms with E-state index in [0.717, 1.165) is 48.4 Å². The molecule has 1 saturated carbocycles. The van der Waals surface area contributed by atoms with Gasteiger partial charge < -0.3 is 14.9 Å².